The van der Waals surface area contributed by atoms with Crippen molar-refractivity contribution in [2.24, 2.45) is 0 Å². The normalized spacial score (nSPS) is 18.2. The molecular formula is C19H22FN3O3S2. The lowest BCUT2D eigenvalue weighted by molar-refractivity contribution is 0.0723. The van der Waals surface area contributed by atoms with Gasteiger partial charge in [-0.15, -0.1) is 0 Å². The Balaban J connectivity index is 1.55. The molecule has 0 atom stereocenters. The van der Waals surface area contributed by atoms with E-state index in [0.717, 1.165) is 24.3 Å². The molecule has 4 rings (SSSR count). The largest absolute Gasteiger partial charge is 0.356 e. The lowest BCUT2D eigenvalue weighted by Gasteiger charge is -2.25. The predicted octanol–water partition coefficient (Wildman–Crippen LogP) is 2.70. The molecule has 9 heteroatoms. The second-order valence-electron chi connectivity index (χ2n) is 7.02. The third-order valence-corrected chi connectivity index (χ3v) is 7.86. The third-order valence-electron chi connectivity index (χ3n) is 5.04. The second-order valence-corrected chi connectivity index (χ2v) is 10.2. The van der Waals surface area contributed by atoms with Crippen LogP contribution in [0.3, 0.4) is 0 Å². The monoisotopic (exact) mass is 423 g/mol. The minimum Gasteiger partial charge on any atom is -0.356 e. The zero-order chi connectivity index (χ0) is 19.7. The standard InChI is InChI=1S/C19H22FN3O3S2/c20-17-4-2-1-3-14(17)13-23(15-5-6-15)19(24)18-11-16(12-21-18)28(25,26)22-7-9-27-10-8-22/h1-4,11-12,15,21H,5-10,13H2. The van der Waals surface area contributed by atoms with E-state index in [1.807, 2.05) is 0 Å². The summed E-state index contributed by atoms with van der Waals surface area (Å²) in [5.41, 5.74) is 0.668. The van der Waals surface area contributed by atoms with Crippen LogP contribution < -0.4 is 0 Å². The van der Waals surface area contributed by atoms with E-state index in [1.165, 1.54) is 22.6 Å². The summed E-state index contributed by atoms with van der Waals surface area (Å²) in [6, 6.07) is 7.86. The van der Waals surface area contributed by atoms with E-state index in [1.54, 1.807) is 34.9 Å². The smallest absolute Gasteiger partial charge is 0.270 e. The van der Waals surface area contributed by atoms with Gasteiger partial charge in [-0.3, -0.25) is 4.79 Å². The van der Waals surface area contributed by atoms with E-state index in [9.17, 15) is 17.6 Å². The molecule has 2 heterocycles. The van der Waals surface area contributed by atoms with E-state index in [4.69, 9.17) is 0 Å². The maximum Gasteiger partial charge on any atom is 0.270 e. The Bertz CT molecular complexity index is 966. The number of carbonyl (C=O) groups is 1. The minimum absolute atomic E-state index is 0.0644. The van der Waals surface area contributed by atoms with Gasteiger partial charge >= 0.3 is 0 Å². The highest BCUT2D eigenvalue weighted by Crippen LogP contribution is 2.31. The van der Waals surface area contributed by atoms with Crippen LogP contribution in [0, 0.1) is 5.82 Å². The highest BCUT2D eigenvalue weighted by Gasteiger charge is 2.35. The molecule has 2 aliphatic rings. The van der Waals surface area contributed by atoms with E-state index in [0.29, 0.717) is 18.7 Å². The average molecular weight is 424 g/mol. The summed E-state index contributed by atoms with van der Waals surface area (Å²) in [5.74, 6) is 0.890. The summed E-state index contributed by atoms with van der Waals surface area (Å²) in [5, 5.41) is 0. The van der Waals surface area contributed by atoms with Gasteiger partial charge in [-0.05, 0) is 25.0 Å². The Morgan fingerprint density at radius 3 is 2.64 bits per heavy atom. The summed E-state index contributed by atoms with van der Waals surface area (Å²) in [6.07, 6.45) is 3.12. The number of aromatic nitrogens is 1. The molecule has 1 amide bonds. The van der Waals surface area contributed by atoms with Gasteiger partial charge in [0.25, 0.3) is 5.91 Å². The highest BCUT2D eigenvalue weighted by atomic mass is 32.2. The number of halogens is 1. The van der Waals surface area contributed by atoms with Crippen LogP contribution in [0.4, 0.5) is 4.39 Å². The molecule has 0 spiro atoms. The number of carbonyl (C=O) groups excluding carboxylic acids is 1. The molecule has 1 saturated heterocycles. The first-order valence-electron chi connectivity index (χ1n) is 9.27. The SMILES string of the molecule is O=C(c1cc(S(=O)(=O)N2CCSCC2)c[nH]1)N(Cc1ccccc1F)C1CC1. The van der Waals surface area contributed by atoms with Gasteiger partial charge in [-0.2, -0.15) is 16.1 Å². The van der Waals surface area contributed by atoms with Crippen LogP contribution >= 0.6 is 11.8 Å². The van der Waals surface area contributed by atoms with Crippen LogP contribution in [0.25, 0.3) is 0 Å². The molecule has 0 unspecified atom stereocenters. The molecule has 1 saturated carbocycles. The van der Waals surface area contributed by atoms with Crippen molar-refractivity contribution < 1.29 is 17.6 Å². The van der Waals surface area contributed by atoms with Gasteiger partial charge in [-0.1, -0.05) is 18.2 Å². The van der Waals surface area contributed by atoms with E-state index in [2.05, 4.69) is 4.98 Å². The zero-order valence-electron chi connectivity index (χ0n) is 15.3. The first-order valence-corrected chi connectivity index (χ1v) is 11.9. The summed E-state index contributed by atoms with van der Waals surface area (Å²) in [6.45, 7) is 1.12. The van der Waals surface area contributed by atoms with Crippen molar-refractivity contribution in [1.82, 2.24) is 14.2 Å². The molecule has 150 valence electrons. The number of hydrogen-bond acceptors (Lipinski definition) is 4. The fourth-order valence-corrected chi connectivity index (χ4v) is 5.87. The Hall–Kier alpha value is -1.84. The quantitative estimate of drug-likeness (QED) is 0.775. The van der Waals surface area contributed by atoms with Gasteiger partial charge in [0.1, 0.15) is 16.4 Å². The van der Waals surface area contributed by atoms with Crippen molar-refractivity contribution in [2.75, 3.05) is 24.6 Å². The van der Waals surface area contributed by atoms with Crippen LogP contribution in [-0.2, 0) is 16.6 Å². The molecular weight excluding hydrogens is 401 g/mol. The molecule has 2 fully saturated rings. The Morgan fingerprint density at radius 1 is 1.25 bits per heavy atom. The van der Waals surface area contributed by atoms with Crippen LogP contribution in [0.1, 0.15) is 28.9 Å². The van der Waals surface area contributed by atoms with Crippen LogP contribution in [0.2, 0.25) is 0 Å². The van der Waals surface area contributed by atoms with E-state index in [-0.39, 0.29) is 34.9 Å². The lowest BCUT2D eigenvalue weighted by Crippen LogP contribution is -2.37. The van der Waals surface area contributed by atoms with Gasteiger partial charge in [0, 0.05) is 48.9 Å². The highest BCUT2D eigenvalue weighted by molar-refractivity contribution is 7.99. The molecule has 1 aliphatic carbocycles. The lowest BCUT2D eigenvalue weighted by atomic mass is 10.2. The number of thioether (sulfide) groups is 1. The topological polar surface area (TPSA) is 73.5 Å². The fraction of sp³-hybridized carbons (Fsp3) is 0.421. The second kappa shape index (κ2) is 7.88. The molecule has 1 aromatic carbocycles. The Kier molecular flexibility index (Phi) is 5.48. The third kappa shape index (κ3) is 3.97. The maximum absolute atomic E-state index is 14.0. The van der Waals surface area contributed by atoms with E-state index < -0.39 is 10.0 Å². The predicted molar refractivity (Wildman–Crippen MR) is 106 cm³/mol. The average Bonchev–Trinajstić information content (AvgIpc) is 3.42. The van der Waals surface area contributed by atoms with Crippen molar-refractivity contribution in [3.8, 4) is 0 Å². The van der Waals surface area contributed by atoms with Crippen LogP contribution in [0.5, 0.6) is 0 Å². The van der Waals surface area contributed by atoms with Crippen molar-refractivity contribution in [1.29, 1.82) is 0 Å². The van der Waals surface area contributed by atoms with Crippen molar-refractivity contribution in [3.63, 3.8) is 0 Å². The number of nitrogens with one attached hydrogen (secondary N) is 1. The Labute approximate surface area is 168 Å². The van der Waals surface area contributed by atoms with Gasteiger partial charge in [0.05, 0.1) is 0 Å². The van der Waals surface area contributed by atoms with Gasteiger partial charge < -0.3 is 9.88 Å². The number of H-pyrrole nitrogens is 1. The number of nitrogens with zero attached hydrogens (tertiary/aromatic N) is 2. The summed E-state index contributed by atoms with van der Waals surface area (Å²) < 4.78 is 41.1. The number of amides is 1. The van der Waals surface area contributed by atoms with Crippen molar-refractivity contribution in [3.05, 3.63) is 53.6 Å². The van der Waals surface area contributed by atoms with Gasteiger partial charge in [0.15, 0.2) is 0 Å². The number of benzene rings is 1. The van der Waals surface area contributed by atoms with Crippen LogP contribution in [-0.4, -0.2) is 59.2 Å². The summed E-state index contributed by atoms with van der Waals surface area (Å²) >= 11 is 1.73. The summed E-state index contributed by atoms with van der Waals surface area (Å²) in [7, 11) is -3.61. The minimum atomic E-state index is -3.61. The van der Waals surface area contributed by atoms with Crippen LogP contribution in [0.15, 0.2) is 41.4 Å². The molecule has 0 radical (unpaired) electrons. The molecule has 28 heavy (non-hydrogen) atoms. The maximum atomic E-state index is 14.0. The molecule has 6 nitrogen and oxygen atoms in total. The van der Waals surface area contributed by atoms with Crippen molar-refractivity contribution in [2.45, 2.75) is 30.3 Å². The number of sulfonamides is 1. The molecule has 1 aliphatic heterocycles. The zero-order valence-corrected chi connectivity index (χ0v) is 16.9. The Morgan fingerprint density at radius 2 is 1.96 bits per heavy atom. The number of rotatable bonds is 6. The first-order chi connectivity index (χ1) is 13.5. The molecule has 1 N–H and O–H groups in total. The van der Waals surface area contributed by atoms with Gasteiger partial charge in [-0.25, -0.2) is 12.8 Å². The summed E-state index contributed by atoms with van der Waals surface area (Å²) in [4.78, 5) is 17.6. The molecule has 2 aromatic rings. The van der Waals surface area contributed by atoms with E-state index >= 15 is 0 Å². The first kappa shape index (κ1) is 19.5. The fourth-order valence-electron chi connectivity index (χ4n) is 3.30. The molecule has 1 aromatic heterocycles. The van der Waals surface area contributed by atoms with Crippen molar-refractivity contribution >= 4 is 27.7 Å². The number of hydrogen-bond donors (Lipinski definition) is 1. The molecule has 0 bridgehead atoms. The van der Waals surface area contributed by atoms with Gasteiger partial charge in [0.2, 0.25) is 10.0 Å². The number of aromatic amines is 1.